The summed E-state index contributed by atoms with van der Waals surface area (Å²) in [5.74, 6) is -0.358. The maximum Gasteiger partial charge on any atom is 0.124 e. The summed E-state index contributed by atoms with van der Waals surface area (Å²) in [6, 6.07) is 6.86. The average molecular weight is 219 g/mol. The molecule has 0 aliphatic carbocycles. The quantitative estimate of drug-likeness (QED) is 0.837. The molecule has 1 aliphatic heterocycles. The topological polar surface area (TPSA) is 39.1 Å². The van der Waals surface area contributed by atoms with Gasteiger partial charge in [0.05, 0.1) is 17.3 Å². The molecular weight excluding hydrogens is 205 g/mol. The number of benzene rings is 1. The standard InChI is InChI=1S/C12H14FN3/c1-2-16(11-7-15-8-11)12-4-3-10(13)5-9(12)6-14/h3-5,11,15H,2,7-8H2,1H3. The van der Waals surface area contributed by atoms with Crippen LogP contribution in [0.3, 0.4) is 0 Å². The van der Waals surface area contributed by atoms with Gasteiger partial charge < -0.3 is 10.2 Å². The van der Waals surface area contributed by atoms with E-state index in [1.54, 1.807) is 6.07 Å². The lowest BCUT2D eigenvalue weighted by atomic mass is 10.1. The number of rotatable bonds is 3. The highest BCUT2D eigenvalue weighted by atomic mass is 19.1. The molecule has 0 bridgehead atoms. The molecule has 1 N–H and O–H groups in total. The molecule has 1 aromatic rings. The molecule has 0 unspecified atom stereocenters. The fourth-order valence-electron chi connectivity index (χ4n) is 1.97. The first-order chi connectivity index (χ1) is 7.76. The number of hydrogen-bond donors (Lipinski definition) is 1. The van der Waals surface area contributed by atoms with Crippen LogP contribution in [0, 0.1) is 17.1 Å². The van der Waals surface area contributed by atoms with Crippen molar-refractivity contribution in [2.45, 2.75) is 13.0 Å². The van der Waals surface area contributed by atoms with E-state index in [-0.39, 0.29) is 5.82 Å². The zero-order valence-electron chi connectivity index (χ0n) is 9.20. The molecule has 84 valence electrons. The molecule has 1 fully saturated rings. The Kier molecular flexibility index (Phi) is 3.07. The van der Waals surface area contributed by atoms with E-state index in [1.165, 1.54) is 12.1 Å². The highest BCUT2D eigenvalue weighted by Crippen LogP contribution is 2.24. The predicted molar refractivity (Wildman–Crippen MR) is 60.8 cm³/mol. The highest BCUT2D eigenvalue weighted by molar-refractivity contribution is 5.60. The number of hydrogen-bond acceptors (Lipinski definition) is 3. The zero-order valence-corrected chi connectivity index (χ0v) is 9.20. The van der Waals surface area contributed by atoms with Crippen LogP contribution in [0.15, 0.2) is 18.2 Å². The molecule has 0 amide bonds. The van der Waals surface area contributed by atoms with E-state index in [0.29, 0.717) is 11.6 Å². The van der Waals surface area contributed by atoms with E-state index in [9.17, 15) is 4.39 Å². The van der Waals surface area contributed by atoms with Gasteiger partial charge >= 0.3 is 0 Å². The van der Waals surface area contributed by atoms with Gasteiger partial charge in [0.1, 0.15) is 11.9 Å². The van der Waals surface area contributed by atoms with Crippen molar-refractivity contribution < 1.29 is 4.39 Å². The molecule has 1 heterocycles. The molecule has 0 radical (unpaired) electrons. The maximum atomic E-state index is 13.0. The fourth-order valence-corrected chi connectivity index (χ4v) is 1.97. The molecule has 0 aromatic heterocycles. The Morgan fingerprint density at radius 1 is 1.56 bits per heavy atom. The molecule has 1 aromatic carbocycles. The van der Waals surface area contributed by atoms with Crippen LogP contribution in [0.4, 0.5) is 10.1 Å². The van der Waals surface area contributed by atoms with Crippen LogP contribution in [0.2, 0.25) is 0 Å². The zero-order chi connectivity index (χ0) is 11.5. The van der Waals surface area contributed by atoms with Crippen molar-refractivity contribution in [2.75, 3.05) is 24.5 Å². The number of likely N-dealkylation sites (N-methyl/N-ethyl adjacent to an activating group) is 1. The lowest BCUT2D eigenvalue weighted by molar-refractivity contribution is 0.417. The second kappa shape index (κ2) is 4.50. The molecule has 3 nitrogen and oxygen atoms in total. The van der Waals surface area contributed by atoms with Crippen LogP contribution >= 0.6 is 0 Å². The Hall–Kier alpha value is -1.60. The van der Waals surface area contributed by atoms with Gasteiger partial charge in [-0.2, -0.15) is 5.26 Å². The summed E-state index contributed by atoms with van der Waals surface area (Å²) in [6.45, 7) is 4.72. The third-order valence-corrected chi connectivity index (χ3v) is 2.93. The molecule has 1 aliphatic rings. The number of anilines is 1. The summed E-state index contributed by atoms with van der Waals surface area (Å²) in [6.07, 6.45) is 0. The van der Waals surface area contributed by atoms with Crippen molar-refractivity contribution in [2.24, 2.45) is 0 Å². The normalized spacial score (nSPS) is 15.3. The summed E-state index contributed by atoms with van der Waals surface area (Å²) in [4.78, 5) is 2.15. The minimum Gasteiger partial charge on any atom is -0.365 e. The van der Waals surface area contributed by atoms with E-state index < -0.39 is 0 Å². The molecule has 4 heteroatoms. The van der Waals surface area contributed by atoms with Gasteiger partial charge in [-0.05, 0) is 25.1 Å². The Morgan fingerprint density at radius 2 is 2.31 bits per heavy atom. The predicted octanol–water partition coefficient (Wildman–Crippen LogP) is 1.50. The summed E-state index contributed by atoms with van der Waals surface area (Å²) < 4.78 is 13.0. The van der Waals surface area contributed by atoms with Crippen molar-refractivity contribution in [3.63, 3.8) is 0 Å². The summed E-state index contributed by atoms with van der Waals surface area (Å²) in [5.41, 5.74) is 1.24. The molecule has 2 rings (SSSR count). The van der Waals surface area contributed by atoms with Crippen molar-refractivity contribution >= 4 is 5.69 Å². The smallest absolute Gasteiger partial charge is 0.124 e. The van der Waals surface area contributed by atoms with Crippen LogP contribution < -0.4 is 10.2 Å². The van der Waals surface area contributed by atoms with Gasteiger partial charge in [0.15, 0.2) is 0 Å². The summed E-state index contributed by atoms with van der Waals surface area (Å²) in [7, 11) is 0. The second-order valence-corrected chi connectivity index (χ2v) is 3.87. The van der Waals surface area contributed by atoms with Crippen molar-refractivity contribution in [1.29, 1.82) is 5.26 Å². The second-order valence-electron chi connectivity index (χ2n) is 3.87. The van der Waals surface area contributed by atoms with E-state index in [2.05, 4.69) is 16.3 Å². The number of nitriles is 1. The lowest BCUT2D eigenvalue weighted by Gasteiger charge is -2.39. The van der Waals surface area contributed by atoms with Crippen LogP contribution in [0.25, 0.3) is 0 Å². The fraction of sp³-hybridized carbons (Fsp3) is 0.417. The minimum atomic E-state index is -0.358. The number of nitrogens with zero attached hydrogens (tertiary/aromatic N) is 2. The van der Waals surface area contributed by atoms with Gasteiger partial charge in [-0.1, -0.05) is 0 Å². The van der Waals surface area contributed by atoms with Gasteiger partial charge in [-0.15, -0.1) is 0 Å². The van der Waals surface area contributed by atoms with Crippen molar-refractivity contribution in [1.82, 2.24) is 5.32 Å². The Balaban J connectivity index is 2.33. The van der Waals surface area contributed by atoms with Gasteiger partial charge in [0.25, 0.3) is 0 Å². The first kappa shape index (κ1) is 10.9. The first-order valence-electron chi connectivity index (χ1n) is 5.43. The average Bonchev–Trinajstić information content (AvgIpc) is 2.23. The number of nitrogens with one attached hydrogen (secondary N) is 1. The Labute approximate surface area is 94.5 Å². The monoisotopic (exact) mass is 219 g/mol. The largest absolute Gasteiger partial charge is 0.365 e. The third kappa shape index (κ3) is 1.86. The third-order valence-electron chi connectivity index (χ3n) is 2.93. The Bertz CT molecular complexity index is 421. The van der Waals surface area contributed by atoms with Crippen molar-refractivity contribution in [3.8, 4) is 6.07 Å². The van der Waals surface area contributed by atoms with Crippen molar-refractivity contribution in [3.05, 3.63) is 29.6 Å². The molecule has 1 saturated heterocycles. The first-order valence-corrected chi connectivity index (χ1v) is 5.43. The van der Waals surface area contributed by atoms with Gasteiger partial charge in [-0.3, -0.25) is 0 Å². The van der Waals surface area contributed by atoms with Gasteiger partial charge in [-0.25, -0.2) is 4.39 Å². The highest BCUT2D eigenvalue weighted by Gasteiger charge is 2.25. The molecule has 16 heavy (non-hydrogen) atoms. The van der Waals surface area contributed by atoms with Crippen LogP contribution in [-0.2, 0) is 0 Å². The van der Waals surface area contributed by atoms with E-state index in [0.717, 1.165) is 25.3 Å². The van der Waals surface area contributed by atoms with E-state index in [1.807, 2.05) is 6.92 Å². The number of halogens is 1. The lowest BCUT2D eigenvalue weighted by Crippen LogP contribution is -2.57. The molecular formula is C12H14FN3. The Morgan fingerprint density at radius 3 is 2.81 bits per heavy atom. The van der Waals surface area contributed by atoms with Crippen LogP contribution in [0.5, 0.6) is 0 Å². The molecule has 0 spiro atoms. The minimum absolute atomic E-state index is 0.358. The van der Waals surface area contributed by atoms with Crippen LogP contribution in [0.1, 0.15) is 12.5 Å². The molecule has 0 saturated carbocycles. The maximum absolute atomic E-state index is 13.0. The molecule has 0 atom stereocenters. The summed E-state index contributed by atoms with van der Waals surface area (Å²) >= 11 is 0. The van der Waals surface area contributed by atoms with Gasteiger partial charge in [0.2, 0.25) is 0 Å². The van der Waals surface area contributed by atoms with E-state index in [4.69, 9.17) is 5.26 Å². The van der Waals surface area contributed by atoms with Gasteiger partial charge in [0, 0.05) is 19.6 Å². The summed E-state index contributed by atoms with van der Waals surface area (Å²) in [5, 5.41) is 12.2. The van der Waals surface area contributed by atoms with Crippen LogP contribution in [-0.4, -0.2) is 25.7 Å². The SMILES string of the molecule is CCN(c1ccc(F)cc1C#N)C1CNC1. The van der Waals surface area contributed by atoms with E-state index >= 15 is 0 Å².